The van der Waals surface area contributed by atoms with Crippen LogP contribution in [0.2, 0.25) is 0 Å². The molecule has 6 nitrogen and oxygen atoms in total. The van der Waals surface area contributed by atoms with Crippen LogP contribution in [0.5, 0.6) is 0 Å². The maximum absolute atomic E-state index is 10.8. The molecule has 0 aromatic carbocycles. The predicted molar refractivity (Wildman–Crippen MR) is 79.9 cm³/mol. The zero-order valence-electron chi connectivity index (χ0n) is 11.5. The number of carboxylic acids is 1. The van der Waals surface area contributed by atoms with Gasteiger partial charge in [-0.15, -0.1) is 0 Å². The van der Waals surface area contributed by atoms with Crippen molar-refractivity contribution in [2.45, 2.75) is 0 Å². The van der Waals surface area contributed by atoms with E-state index < -0.39 is 5.97 Å². The summed E-state index contributed by atoms with van der Waals surface area (Å²) in [7, 11) is 0. The Kier molecular flexibility index (Phi) is 3.68. The van der Waals surface area contributed by atoms with Gasteiger partial charge in [0.05, 0.1) is 5.56 Å². The highest BCUT2D eigenvalue weighted by Gasteiger charge is 2.19. The summed E-state index contributed by atoms with van der Waals surface area (Å²) in [6.45, 7) is 3.44. The predicted octanol–water partition coefficient (Wildman–Crippen LogP) is 1.50. The molecule has 108 valence electrons. The van der Waals surface area contributed by atoms with Crippen LogP contribution in [0.4, 0.5) is 11.6 Å². The van der Waals surface area contributed by atoms with E-state index >= 15 is 0 Å². The number of aromatic carboxylic acids is 1. The number of carbonyl (C=O) groups is 1. The second-order valence-electron chi connectivity index (χ2n) is 4.87. The Balaban J connectivity index is 1.64. The van der Waals surface area contributed by atoms with Gasteiger partial charge in [0.1, 0.15) is 11.6 Å². The van der Waals surface area contributed by atoms with Gasteiger partial charge in [-0.05, 0) is 24.3 Å². The van der Waals surface area contributed by atoms with E-state index in [2.05, 4.69) is 19.8 Å². The second-order valence-corrected chi connectivity index (χ2v) is 4.87. The molecule has 21 heavy (non-hydrogen) atoms. The topological polar surface area (TPSA) is 69.6 Å². The van der Waals surface area contributed by atoms with E-state index in [0.29, 0.717) is 0 Å². The lowest BCUT2D eigenvalue weighted by Crippen LogP contribution is -2.47. The monoisotopic (exact) mass is 284 g/mol. The molecule has 0 radical (unpaired) electrons. The Labute approximate surface area is 122 Å². The minimum Gasteiger partial charge on any atom is -0.478 e. The van der Waals surface area contributed by atoms with Crippen LogP contribution in [-0.4, -0.2) is 47.2 Å². The van der Waals surface area contributed by atoms with Crippen molar-refractivity contribution in [3.8, 4) is 0 Å². The molecule has 0 aliphatic carbocycles. The van der Waals surface area contributed by atoms with Crippen LogP contribution in [0.25, 0.3) is 0 Å². The Morgan fingerprint density at radius 1 is 0.952 bits per heavy atom. The molecule has 1 aliphatic rings. The molecule has 0 unspecified atom stereocenters. The van der Waals surface area contributed by atoms with Crippen molar-refractivity contribution in [1.29, 1.82) is 0 Å². The van der Waals surface area contributed by atoms with Gasteiger partial charge in [-0.1, -0.05) is 6.07 Å². The molecule has 0 saturated carbocycles. The number of aromatic nitrogens is 2. The summed E-state index contributed by atoms with van der Waals surface area (Å²) in [6.07, 6.45) is 3.21. The van der Waals surface area contributed by atoms with E-state index in [9.17, 15) is 4.79 Å². The molecule has 0 amide bonds. The maximum Gasteiger partial charge on any atom is 0.337 e. The SMILES string of the molecule is O=C(O)c1ccc(N2CCN(c3ccccn3)CC2)nc1. The van der Waals surface area contributed by atoms with Crippen molar-refractivity contribution >= 4 is 17.6 Å². The number of piperazine rings is 1. The average molecular weight is 284 g/mol. The zero-order valence-corrected chi connectivity index (χ0v) is 11.5. The van der Waals surface area contributed by atoms with Gasteiger partial charge in [0.15, 0.2) is 0 Å². The number of anilines is 2. The molecule has 6 heteroatoms. The third-order valence-corrected chi connectivity index (χ3v) is 3.57. The summed E-state index contributed by atoms with van der Waals surface area (Å²) in [5, 5.41) is 8.88. The molecule has 0 bridgehead atoms. The largest absolute Gasteiger partial charge is 0.478 e. The highest BCUT2D eigenvalue weighted by atomic mass is 16.4. The van der Waals surface area contributed by atoms with Crippen molar-refractivity contribution in [3.63, 3.8) is 0 Å². The molecular weight excluding hydrogens is 268 g/mol. The molecular formula is C15H16N4O2. The summed E-state index contributed by atoms with van der Waals surface area (Å²) in [5.41, 5.74) is 0.214. The summed E-state index contributed by atoms with van der Waals surface area (Å²) in [6, 6.07) is 9.26. The van der Waals surface area contributed by atoms with E-state index in [1.807, 2.05) is 18.2 Å². The quantitative estimate of drug-likeness (QED) is 0.921. The Bertz CT molecular complexity index is 607. The summed E-state index contributed by atoms with van der Waals surface area (Å²) < 4.78 is 0. The fourth-order valence-electron chi connectivity index (χ4n) is 2.41. The molecule has 0 atom stereocenters. The maximum atomic E-state index is 10.8. The van der Waals surface area contributed by atoms with Crippen LogP contribution in [-0.2, 0) is 0 Å². The number of hydrogen-bond acceptors (Lipinski definition) is 5. The van der Waals surface area contributed by atoms with Crippen LogP contribution in [0.15, 0.2) is 42.7 Å². The van der Waals surface area contributed by atoms with Gasteiger partial charge in [-0.25, -0.2) is 14.8 Å². The van der Waals surface area contributed by atoms with E-state index in [0.717, 1.165) is 37.8 Å². The lowest BCUT2D eigenvalue weighted by atomic mass is 10.2. The third-order valence-electron chi connectivity index (χ3n) is 3.57. The first kappa shape index (κ1) is 13.4. The van der Waals surface area contributed by atoms with Crippen LogP contribution in [0.1, 0.15) is 10.4 Å². The standard InChI is InChI=1S/C15H16N4O2/c20-15(21)12-4-5-14(17-11-12)19-9-7-18(8-10-19)13-3-1-2-6-16-13/h1-6,11H,7-10H2,(H,20,21). The minimum atomic E-state index is -0.950. The van der Waals surface area contributed by atoms with Gasteiger partial charge in [-0.2, -0.15) is 0 Å². The molecule has 1 N–H and O–H groups in total. The number of pyridine rings is 2. The zero-order chi connectivity index (χ0) is 14.7. The van der Waals surface area contributed by atoms with Gasteiger partial charge in [0, 0.05) is 38.6 Å². The first-order chi connectivity index (χ1) is 10.2. The van der Waals surface area contributed by atoms with Gasteiger partial charge in [0.25, 0.3) is 0 Å². The van der Waals surface area contributed by atoms with E-state index in [4.69, 9.17) is 5.11 Å². The first-order valence-corrected chi connectivity index (χ1v) is 6.84. The number of nitrogens with zero attached hydrogens (tertiary/aromatic N) is 4. The normalized spacial score (nSPS) is 15.0. The first-order valence-electron chi connectivity index (χ1n) is 6.84. The van der Waals surface area contributed by atoms with Crippen molar-refractivity contribution in [3.05, 3.63) is 48.3 Å². The Hall–Kier alpha value is -2.63. The van der Waals surface area contributed by atoms with Crippen LogP contribution in [0.3, 0.4) is 0 Å². The van der Waals surface area contributed by atoms with Crippen molar-refractivity contribution in [2.24, 2.45) is 0 Å². The Morgan fingerprint density at radius 2 is 1.62 bits per heavy atom. The van der Waals surface area contributed by atoms with Crippen molar-refractivity contribution in [2.75, 3.05) is 36.0 Å². The lowest BCUT2D eigenvalue weighted by molar-refractivity contribution is 0.0696. The summed E-state index contributed by atoms with van der Waals surface area (Å²) >= 11 is 0. The van der Waals surface area contributed by atoms with Gasteiger partial charge < -0.3 is 14.9 Å². The van der Waals surface area contributed by atoms with Gasteiger partial charge in [-0.3, -0.25) is 0 Å². The average Bonchev–Trinajstić information content (AvgIpc) is 2.56. The number of rotatable bonds is 3. The molecule has 1 fully saturated rings. The molecule has 2 aromatic rings. The van der Waals surface area contributed by atoms with Crippen LogP contribution in [0, 0.1) is 0 Å². The van der Waals surface area contributed by atoms with Gasteiger partial charge in [0.2, 0.25) is 0 Å². The number of carboxylic acid groups (broad SMARTS) is 1. The van der Waals surface area contributed by atoms with Crippen molar-refractivity contribution < 1.29 is 9.90 Å². The van der Waals surface area contributed by atoms with E-state index in [1.54, 1.807) is 18.3 Å². The fraction of sp³-hybridized carbons (Fsp3) is 0.267. The molecule has 3 heterocycles. The van der Waals surface area contributed by atoms with E-state index in [-0.39, 0.29) is 5.56 Å². The highest BCUT2D eigenvalue weighted by Crippen LogP contribution is 2.17. The van der Waals surface area contributed by atoms with Crippen LogP contribution >= 0.6 is 0 Å². The lowest BCUT2D eigenvalue weighted by Gasteiger charge is -2.36. The van der Waals surface area contributed by atoms with E-state index in [1.165, 1.54) is 6.20 Å². The molecule has 1 saturated heterocycles. The number of hydrogen-bond donors (Lipinski definition) is 1. The summed E-state index contributed by atoms with van der Waals surface area (Å²) in [4.78, 5) is 23.8. The summed E-state index contributed by atoms with van der Waals surface area (Å²) in [5.74, 6) is 0.862. The third kappa shape index (κ3) is 2.94. The smallest absolute Gasteiger partial charge is 0.337 e. The fourth-order valence-corrected chi connectivity index (χ4v) is 2.41. The minimum absolute atomic E-state index is 0.214. The molecule has 3 rings (SSSR count). The van der Waals surface area contributed by atoms with Gasteiger partial charge >= 0.3 is 5.97 Å². The molecule has 2 aromatic heterocycles. The van der Waals surface area contributed by atoms with Crippen LogP contribution < -0.4 is 9.80 Å². The molecule has 1 aliphatic heterocycles. The Morgan fingerprint density at radius 3 is 2.10 bits per heavy atom. The molecule has 0 spiro atoms. The van der Waals surface area contributed by atoms with Crippen molar-refractivity contribution in [1.82, 2.24) is 9.97 Å². The second kappa shape index (κ2) is 5.78. The highest BCUT2D eigenvalue weighted by molar-refractivity contribution is 5.87.